The van der Waals surface area contributed by atoms with Crippen molar-refractivity contribution in [2.75, 3.05) is 6.61 Å². The number of ether oxygens (including phenoxy) is 1. The molecule has 0 saturated heterocycles. The average molecular weight is 453 g/mol. The lowest BCUT2D eigenvalue weighted by Gasteiger charge is -2.15. The molecule has 1 unspecified atom stereocenters. The highest BCUT2D eigenvalue weighted by Gasteiger charge is 2.18. The fourth-order valence-electron chi connectivity index (χ4n) is 4.56. The largest absolute Gasteiger partial charge is 0.465 e. The summed E-state index contributed by atoms with van der Waals surface area (Å²) in [5, 5.41) is 0. The molecule has 192 valence electrons. The summed E-state index contributed by atoms with van der Waals surface area (Å²) in [5.74, 6) is 0.215. The van der Waals surface area contributed by atoms with E-state index >= 15 is 0 Å². The summed E-state index contributed by atoms with van der Waals surface area (Å²) >= 11 is 0. The number of carbonyl (C=O) groups is 1. The van der Waals surface area contributed by atoms with Crippen molar-refractivity contribution >= 4 is 5.97 Å². The Morgan fingerprint density at radius 2 is 0.812 bits per heavy atom. The van der Waals surface area contributed by atoms with Gasteiger partial charge in [-0.15, -0.1) is 0 Å². The van der Waals surface area contributed by atoms with Gasteiger partial charge in [0.25, 0.3) is 0 Å². The van der Waals surface area contributed by atoms with Gasteiger partial charge in [-0.1, -0.05) is 156 Å². The molecule has 0 aliphatic heterocycles. The average Bonchev–Trinajstić information content (AvgIpc) is 2.80. The van der Waals surface area contributed by atoms with E-state index in [0.29, 0.717) is 6.61 Å². The minimum atomic E-state index is 0.0684. The third-order valence-electron chi connectivity index (χ3n) is 6.89. The Balaban J connectivity index is 3.44. The molecule has 0 aromatic rings. The smallest absolute Gasteiger partial charge is 0.308 e. The first kappa shape index (κ1) is 31.5. The zero-order chi connectivity index (χ0) is 23.5. The van der Waals surface area contributed by atoms with E-state index in [1.54, 1.807) is 0 Å². The van der Waals surface area contributed by atoms with Crippen LogP contribution in [0, 0.1) is 5.92 Å². The van der Waals surface area contributed by atoms with Crippen LogP contribution in [0.3, 0.4) is 0 Å². The maximum atomic E-state index is 12.3. The van der Waals surface area contributed by atoms with E-state index in [0.717, 1.165) is 38.5 Å². The molecule has 1 atom stereocenters. The van der Waals surface area contributed by atoms with Gasteiger partial charge in [0, 0.05) is 0 Å². The third kappa shape index (κ3) is 22.7. The van der Waals surface area contributed by atoms with E-state index in [-0.39, 0.29) is 11.9 Å². The standard InChI is InChI=1S/C30H60O2/c1-4-7-10-11-12-13-14-15-16-17-18-19-20-21-22-23-24-25-27-29(26-8-5-2)30(31)32-28-9-6-3/h29H,4-28H2,1-3H3. The highest BCUT2D eigenvalue weighted by Crippen LogP contribution is 2.20. The monoisotopic (exact) mass is 452 g/mol. The first-order chi connectivity index (χ1) is 15.8. The minimum Gasteiger partial charge on any atom is -0.465 e. The fourth-order valence-corrected chi connectivity index (χ4v) is 4.56. The zero-order valence-electron chi connectivity index (χ0n) is 22.6. The molecule has 0 N–H and O–H groups in total. The quantitative estimate of drug-likeness (QED) is 0.0963. The van der Waals surface area contributed by atoms with Crippen molar-refractivity contribution in [1.82, 2.24) is 0 Å². The van der Waals surface area contributed by atoms with Gasteiger partial charge in [0.2, 0.25) is 0 Å². The second kappa shape index (κ2) is 26.7. The van der Waals surface area contributed by atoms with Crippen molar-refractivity contribution in [3.05, 3.63) is 0 Å². The van der Waals surface area contributed by atoms with Gasteiger partial charge in [0.1, 0.15) is 0 Å². The fraction of sp³-hybridized carbons (Fsp3) is 0.967. The molecular weight excluding hydrogens is 392 g/mol. The zero-order valence-corrected chi connectivity index (χ0v) is 22.6. The van der Waals surface area contributed by atoms with Crippen LogP contribution < -0.4 is 0 Å². The molecule has 0 radical (unpaired) electrons. The summed E-state index contributed by atoms with van der Waals surface area (Å²) in [5.41, 5.74) is 0. The molecular formula is C30H60O2. The Hall–Kier alpha value is -0.530. The Labute approximate surface area is 203 Å². The van der Waals surface area contributed by atoms with Crippen LogP contribution in [0.1, 0.15) is 175 Å². The Bertz CT molecular complexity index is 366. The molecule has 0 saturated carbocycles. The molecule has 0 aliphatic carbocycles. The highest BCUT2D eigenvalue weighted by atomic mass is 16.5. The van der Waals surface area contributed by atoms with Crippen molar-refractivity contribution in [1.29, 1.82) is 0 Å². The molecule has 0 bridgehead atoms. The van der Waals surface area contributed by atoms with E-state index < -0.39 is 0 Å². The number of unbranched alkanes of at least 4 members (excludes halogenated alkanes) is 19. The Kier molecular flexibility index (Phi) is 26.3. The van der Waals surface area contributed by atoms with Gasteiger partial charge >= 0.3 is 5.97 Å². The van der Waals surface area contributed by atoms with E-state index in [2.05, 4.69) is 20.8 Å². The first-order valence-corrected chi connectivity index (χ1v) is 14.9. The lowest BCUT2D eigenvalue weighted by Crippen LogP contribution is -2.18. The lowest BCUT2D eigenvalue weighted by atomic mass is 9.95. The Morgan fingerprint density at radius 3 is 1.22 bits per heavy atom. The normalized spacial score (nSPS) is 12.2. The number of carbonyl (C=O) groups excluding carboxylic acids is 1. The predicted octanol–water partition coefficient (Wildman–Crippen LogP) is 10.6. The van der Waals surface area contributed by atoms with Crippen LogP contribution in [-0.2, 0) is 9.53 Å². The Morgan fingerprint density at radius 1 is 0.469 bits per heavy atom. The van der Waals surface area contributed by atoms with Crippen LogP contribution in [0.25, 0.3) is 0 Å². The molecule has 32 heavy (non-hydrogen) atoms. The molecule has 0 amide bonds. The number of esters is 1. The van der Waals surface area contributed by atoms with Crippen LogP contribution in [0.5, 0.6) is 0 Å². The van der Waals surface area contributed by atoms with E-state index in [1.165, 1.54) is 116 Å². The van der Waals surface area contributed by atoms with E-state index in [1.807, 2.05) is 0 Å². The van der Waals surface area contributed by atoms with Gasteiger partial charge in [0.05, 0.1) is 12.5 Å². The van der Waals surface area contributed by atoms with E-state index in [4.69, 9.17) is 4.74 Å². The van der Waals surface area contributed by atoms with E-state index in [9.17, 15) is 4.79 Å². The first-order valence-electron chi connectivity index (χ1n) is 14.9. The summed E-state index contributed by atoms with van der Waals surface area (Å²) in [7, 11) is 0. The van der Waals surface area contributed by atoms with Crippen LogP contribution in [-0.4, -0.2) is 12.6 Å². The maximum absolute atomic E-state index is 12.3. The SMILES string of the molecule is CCCCCCCCCCCCCCCCCCCCC(CCCC)C(=O)OCCCC. The molecule has 0 spiro atoms. The summed E-state index contributed by atoms with van der Waals surface area (Å²) in [6, 6.07) is 0. The number of hydrogen-bond acceptors (Lipinski definition) is 2. The van der Waals surface area contributed by atoms with Crippen molar-refractivity contribution in [2.45, 2.75) is 175 Å². The minimum absolute atomic E-state index is 0.0684. The van der Waals surface area contributed by atoms with Crippen molar-refractivity contribution in [3.8, 4) is 0 Å². The molecule has 0 fully saturated rings. The van der Waals surface area contributed by atoms with Gasteiger partial charge < -0.3 is 4.74 Å². The second-order valence-electron chi connectivity index (χ2n) is 10.2. The van der Waals surface area contributed by atoms with Crippen LogP contribution >= 0.6 is 0 Å². The number of rotatable bonds is 26. The molecule has 0 heterocycles. The van der Waals surface area contributed by atoms with Gasteiger partial charge in [0.15, 0.2) is 0 Å². The predicted molar refractivity (Wildman–Crippen MR) is 142 cm³/mol. The van der Waals surface area contributed by atoms with Crippen LogP contribution in [0.4, 0.5) is 0 Å². The van der Waals surface area contributed by atoms with Gasteiger partial charge in [-0.3, -0.25) is 4.79 Å². The molecule has 0 aliphatic rings. The highest BCUT2D eigenvalue weighted by molar-refractivity contribution is 5.72. The van der Waals surface area contributed by atoms with Crippen molar-refractivity contribution in [2.24, 2.45) is 5.92 Å². The van der Waals surface area contributed by atoms with Gasteiger partial charge in [-0.2, -0.15) is 0 Å². The van der Waals surface area contributed by atoms with Crippen molar-refractivity contribution in [3.63, 3.8) is 0 Å². The molecule has 0 rings (SSSR count). The van der Waals surface area contributed by atoms with Crippen LogP contribution in [0.2, 0.25) is 0 Å². The summed E-state index contributed by atoms with van der Waals surface area (Å²) in [6.45, 7) is 7.25. The van der Waals surface area contributed by atoms with Gasteiger partial charge in [-0.25, -0.2) is 0 Å². The summed E-state index contributed by atoms with van der Waals surface area (Å²) in [6.07, 6.45) is 31.7. The number of hydrogen-bond donors (Lipinski definition) is 0. The van der Waals surface area contributed by atoms with Crippen LogP contribution in [0.15, 0.2) is 0 Å². The van der Waals surface area contributed by atoms with Gasteiger partial charge in [-0.05, 0) is 19.3 Å². The maximum Gasteiger partial charge on any atom is 0.308 e. The third-order valence-corrected chi connectivity index (χ3v) is 6.89. The summed E-state index contributed by atoms with van der Waals surface area (Å²) in [4.78, 5) is 12.3. The molecule has 0 aromatic carbocycles. The second-order valence-corrected chi connectivity index (χ2v) is 10.2. The molecule has 2 nitrogen and oxygen atoms in total. The molecule has 2 heteroatoms. The lowest BCUT2D eigenvalue weighted by molar-refractivity contribution is -0.149. The van der Waals surface area contributed by atoms with Crippen molar-refractivity contribution < 1.29 is 9.53 Å². The molecule has 0 aromatic heterocycles. The summed E-state index contributed by atoms with van der Waals surface area (Å²) < 4.78 is 5.49. The topological polar surface area (TPSA) is 26.3 Å².